The van der Waals surface area contributed by atoms with Crippen molar-refractivity contribution in [1.29, 1.82) is 0 Å². The molecule has 0 saturated carbocycles. The first-order chi connectivity index (χ1) is 6.07. The highest BCUT2D eigenvalue weighted by atomic mass is 16.4. The summed E-state index contributed by atoms with van der Waals surface area (Å²) in [6.07, 6.45) is 1.55. The molecule has 0 aliphatic carbocycles. The third-order valence-electron chi connectivity index (χ3n) is 1.83. The van der Waals surface area contributed by atoms with E-state index >= 15 is 0 Å². The molecule has 0 amide bonds. The normalized spacial score (nSPS) is 15.3. The second-order valence-corrected chi connectivity index (χ2v) is 3.07. The van der Waals surface area contributed by atoms with E-state index in [0.29, 0.717) is 25.7 Å². The van der Waals surface area contributed by atoms with E-state index in [1.807, 2.05) is 0 Å². The van der Waals surface area contributed by atoms with Gasteiger partial charge in [0.2, 0.25) is 0 Å². The molecule has 0 rings (SSSR count). The van der Waals surface area contributed by atoms with Gasteiger partial charge in [0, 0.05) is 0 Å². The second kappa shape index (κ2) is 6.82. The molecule has 0 saturated heterocycles. The van der Waals surface area contributed by atoms with Crippen molar-refractivity contribution in [2.24, 2.45) is 5.73 Å². The number of carboxylic acid groups (broad SMARTS) is 1. The first-order valence-electron chi connectivity index (χ1n) is 4.35. The van der Waals surface area contributed by atoms with Gasteiger partial charge in [-0.2, -0.15) is 0 Å². The van der Waals surface area contributed by atoms with Crippen LogP contribution in [0, 0.1) is 0 Å². The Morgan fingerprint density at radius 1 is 1.31 bits per heavy atom. The van der Waals surface area contributed by atoms with Crippen LogP contribution in [0.2, 0.25) is 0 Å². The average Bonchev–Trinajstić information content (AvgIpc) is 2.11. The van der Waals surface area contributed by atoms with Crippen LogP contribution in [0.1, 0.15) is 25.7 Å². The van der Waals surface area contributed by atoms with Crippen molar-refractivity contribution < 1.29 is 20.1 Å². The zero-order valence-electron chi connectivity index (χ0n) is 7.52. The van der Waals surface area contributed by atoms with E-state index in [1.54, 1.807) is 0 Å². The molecule has 2 atom stereocenters. The summed E-state index contributed by atoms with van der Waals surface area (Å²) >= 11 is 0. The predicted molar refractivity (Wildman–Crippen MR) is 47.2 cm³/mol. The van der Waals surface area contributed by atoms with Crippen LogP contribution in [-0.4, -0.2) is 40.0 Å². The lowest BCUT2D eigenvalue weighted by Gasteiger charge is -2.08. The van der Waals surface area contributed by atoms with E-state index in [2.05, 4.69) is 0 Å². The number of aliphatic hydroxyl groups is 2. The molecule has 0 aromatic heterocycles. The summed E-state index contributed by atoms with van der Waals surface area (Å²) in [5.74, 6) is -0.997. The zero-order chi connectivity index (χ0) is 10.3. The SMILES string of the molecule is N[C@@H](CCCC[C@@H](O)CO)C(=O)O. The van der Waals surface area contributed by atoms with Crippen LogP contribution in [0.25, 0.3) is 0 Å². The number of rotatable bonds is 7. The minimum atomic E-state index is -0.997. The van der Waals surface area contributed by atoms with Crippen molar-refractivity contribution in [1.82, 2.24) is 0 Å². The molecule has 0 aliphatic heterocycles. The molecular formula is C8H17NO4. The van der Waals surface area contributed by atoms with Crippen molar-refractivity contribution in [2.45, 2.75) is 37.8 Å². The Labute approximate surface area is 77.2 Å². The van der Waals surface area contributed by atoms with Gasteiger partial charge in [0.05, 0.1) is 12.7 Å². The lowest BCUT2D eigenvalue weighted by molar-refractivity contribution is -0.138. The Balaban J connectivity index is 3.30. The smallest absolute Gasteiger partial charge is 0.320 e. The van der Waals surface area contributed by atoms with E-state index in [-0.39, 0.29) is 6.61 Å². The second-order valence-electron chi connectivity index (χ2n) is 3.07. The van der Waals surface area contributed by atoms with Gasteiger partial charge in [-0.05, 0) is 12.8 Å². The minimum absolute atomic E-state index is 0.245. The zero-order valence-corrected chi connectivity index (χ0v) is 7.52. The number of aliphatic hydroxyl groups excluding tert-OH is 2. The Bertz CT molecular complexity index is 151. The first-order valence-corrected chi connectivity index (χ1v) is 4.35. The fourth-order valence-corrected chi connectivity index (χ4v) is 0.959. The molecule has 5 heteroatoms. The van der Waals surface area contributed by atoms with Crippen LogP contribution in [-0.2, 0) is 4.79 Å². The summed E-state index contributed by atoms with van der Waals surface area (Å²) in [5, 5.41) is 25.8. The monoisotopic (exact) mass is 191 g/mol. The number of hydrogen-bond acceptors (Lipinski definition) is 4. The van der Waals surface area contributed by atoms with Crippen molar-refractivity contribution in [3.8, 4) is 0 Å². The lowest BCUT2D eigenvalue weighted by Crippen LogP contribution is -2.29. The topological polar surface area (TPSA) is 104 Å². The molecule has 0 bridgehead atoms. The van der Waals surface area contributed by atoms with Crippen LogP contribution in [0.3, 0.4) is 0 Å². The fraction of sp³-hybridized carbons (Fsp3) is 0.875. The average molecular weight is 191 g/mol. The van der Waals surface area contributed by atoms with Gasteiger partial charge in [-0.1, -0.05) is 12.8 Å². The number of carboxylic acids is 1. The maximum Gasteiger partial charge on any atom is 0.320 e. The Morgan fingerprint density at radius 3 is 2.31 bits per heavy atom. The van der Waals surface area contributed by atoms with Gasteiger partial charge < -0.3 is 21.1 Å². The van der Waals surface area contributed by atoms with E-state index in [0.717, 1.165) is 0 Å². The summed E-state index contributed by atoms with van der Waals surface area (Å²) in [4.78, 5) is 10.3. The molecule has 0 spiro atoms. The van der Waals surface area contributed by atoms with E-state index < -0.39 is 18.1 Å². The van der Waals surface area contributed by atoms with Crippen molar-refractivity contribution in [2.75, 3.05) is 6.61 Å². The predicted octanol–water partition coefficient (Wildman–Crippen LogP) is -0.688. The third-order valence-corrected chi connectivity index (χ3v) is 1.83. The fourth-order valence-electron chi connectivity index (χ4n) is 0.959. The molecule has 0 radical (unpaired) electrons. The summed E-state index contributed by atoms with van der Waals surface area (Å²) in [6.45, 7) is -0.245. The molecular weight excluding hydrogens is 174 g/mol. The van der Waals surface area contributed by atoms with Gasteiger partial charge in [0.1, 0.15) is 6.04 Å². The Morgan fingerprint density at radius 2 is 1.85 bits per heavy atom. The third kappa shape index (κ3) is 6.51. The number of nitrogens with two attached hydrogens (primary N) is 1. The maximum atomic E-state index is 10.3. The highest BCUT2D eigenvalue weighted by molar-refractivity contribution is 5.72. The number of hydrogen-bond donors (Lipinski definition) is 4. The van der Waals surface area contributed by atoms with Crippen LogP contribution < -0.4 is 5.73 Å². The molecule has 0 aromatic carbocycles. The van der Waals surface area contributed by atoms with Gasteiger partial charge in [0.25, 0.3) is 0 Å². The minimum Gasteiger partial charge on any atom is -0.480 e. The molecule has 0 aromatic rings. The van der Waals surface area contributed by atoms with Crippen LogP contribution >= 0.6 is 0 Å². The summed E-state index contributed by atoms with van der Waals surface area (Å²) in [5.41, 5.74) is 5.25. The Hall–Kier alpha value is -0.650. The number of carbonyl (C=O) groups is 1. The quantitative estimate of drug-likeness (QED) is 0.399. The highest BCUT2D eigenvalue weighted by Gasteiger charge is 2.10. The van der Waals surface area contributed by atoms with E-state index in [9.17, 15) is 4.79 Å². The summed E-state index contributed by atoms with van der Waals surface area (Å²) in [6, 6.07) is -0.814. The Kier molecular flexibility index (Phi) is 6.48. The molecule has 13 heavy (non-hydrogen) atoms. The molecule has 0 heterocycles. The van der Waals surface area contributed by atoms with Crippen LogP contribution in [0.5, 0.6) is 0 Å². The molecule has 0 aliphatic rings. The standard InChI is InChI=1S/C8H17NO4/c9-7(8(12)13)4-2-1-3-6(11)5-10/h6-7,10-11H,1-5,9H2,(H,12,13)/t6-,7+/m1/s1. The van der Waals surface area contributed by atoms with Gasteiger partial charge >= 0.3 is 5.97 Å². The molecule has 78 valence electrons. The van der Waals surface area contributed by atoms with E-state index in [1.165, 1.54) is 0 Å². The van der Waals surface area contributed by atoms with Gasteiger partial charge in [0.15, 0.2) is 0 Å². The first kappa shape index (κ1) is 12.3. The van der Waals surface area contributed by atoms with Crippen LogP contribution in [0.15, 0.2) is 0 Å². The molecule has 0 unspecified atom stereocenters. The summed E-state index contributed by atoms with van der Waals surface area (Å²) < 4.78 is 0. The van der Waals surface area contributed by atoms with Gasteiger partial charge in [-0.25, -0.2) is 0 Å². The van der Waals surface area contributed by atoms with Crippen molar-refractivity contribution >= 4 is 5.97 Å². The summed E-state index contributed by atoms with van der Waals surface area (Å²) in [7, 11) is 0. The van der Waals surface area contributed by atoms with Crippen molar-refractivity contribution in [3.05, 3.63) is 0 Å². The number of aliphatic carboxylic acids is 1. The lowest BCUT2D eigenvalue weighted by atomic mass is 10.1. The largest absolute Gasteiger partial charge is 0.480 e. The number of unbranched alkanes of at least 4 members (excludes halogenated alkanes) is 1. The maximum absolute atomic E-state index is 10.3. The van der Waals surface area contributed by atoms with Crippen LogP contribution in [0.4, 0.5) is 0 Å². The van der Waals surface area contributed by atoms with Gasteiger partial charge in [-0.15, -0.1) is 0 Å². The molecule has 5 nitrogen and oxygen atoms in total. The highest BCUT2D eigenvalue weighted by Crippen LogP contribution is 2.05. The van der Waals surface area contributed by atoms with Crippen molar-refractivity contribution in [3.63, 3.8) is 0 Å². The molecule has 0 fully saturated rings. The van der Waals surface area contributed by atoms with Gasteiger partial charge in [-0.3, -0.25) is 4.79 Å². The van der Waals surface area contributed by atoms with E-state index in [4.69, 9.17) is 21.1 Å². The molecule has 5 N–H and O–H groups in total.